The molecule has 0 aliphatic carbocycles. The van der Waals surface area contributed by atoms with Crippen molar-refractivity contribution >= 4 is 15.9 Å². The smallest absolute Gasteiger partial charge is 0.338 e. The first-order chi connectivity index (χ1) is 15.7. The summed E-state index contributed by atoms with van der Waals surface area (Å²) in [5.41, 5.74) is 0.324. The molecule has 9 nitrogen and oxygen atoms in total. The lowest BCUT2D eigenvalue weighted by atomic mass is 9.96. The summed E-state index contributed by atoms with van der Waals surface area (Å²) < 4.78 is 30.4. The Morgan fingerprint density at radius 2 is 1.70 bits per heavy atom. The van der Waals surface area contributed by atoms with Crippen LogP contribution in [0.4, 0.5) is 0 Å². The first kappa shape index (κ1) is 23.7. The van der Waals surface area contributed by atoms with Gasteiger partial charge in [-0.25, -0.2) is 17.9 Å². The Morgan fingerprint density at radius 3 is 2.33 bits per heavy atom. The lowest BCUT2D eigenvalue weighted by Crippen LogP contribution is -2.40. The largest absolute Gasteiger partial charge is 0.345 e. The highest BCUT2D eigenvalue weighted by atomic mass is 32.2. The van der Waals surface area contributed by atoms with Crippen LogP contribution in [0.2, 0.25) is 0 Å². The van der Waals surface area contributed by atoms with Crippen molar-refractivity contribution in [2.75, 3.05) is 26.2 Å². The molecule has 1 aromatic heterocycles. The molecule has 3 heterocycles. The van der Waals surface area contributed by atoms with Gasteiger partial charge < -0.3 is 4.90 Å². The maximum Gasteiger partial charge on any atom is 0.345 e. The number of carbonyl (C=O) groups excluding carboxylic acids is 1. The van der Waals surface area contributed by atoms with Crippen molar-refractivity contribution in [2.45, 2.75) is 62.8 Å². The van der Waals surface area contributed by atoms with E-state index in [4.69, 9.17) is 0 Å². The molecule has 33 heavy (non-hydrogen) atoms. The van der Waals surface area contributed by atoms with Crippen LogP contribution >= 0.6 is 0 Å². The lowest BCUT2D eigenvalue weighted by molar-refractivity contribution is 0.0702. The predicted octanol–water partition coefficient (Wildman–Crippen LogP) is 2.36. The van der Waals surface area contributed by atoms with Gasteiger partial charge in [-0.05, 0) is 63.8 Å². The van der Waals surface area contributed by atoms with Crippen LogP contribution in [0.3, 0.4) is 0 Å². The van der Waals surface area contributed by atoms with Crippen LogP contribution in [-0.2, 0) is 17.1 Å². The average molecular weight is 476 g/mol. The van der Waals surface area contributed by atoms with Crippen molar-refractivity contribution in [2.24, 2.45) is 7.05 Å². The second kappa shape index (κ2) is 9.42. The Morgan fingerprint density at radius 1 is 1.03 bits per heavy atom. The Hall–Kier alpha value is -2.46. The fourth-order valence-electron chi connectivity index (χ4n) is 4.84. The van der Waals surface area contributed by atoms with Crippen LogP contribution in [-0.4, -0.2) is 64.1 Å². The van der Waals surface area contributed by atoms with Crippen molar-refractivity contribution in [3.63, 3.8) is 0 Å². The number of carbonyl (C=O) groups is 1. The van der Waals surface area contributed by atoms with Gasteiger partial charge in [0.1, 0.15) is 5.82 Å². The fourth-order valence-corrected chi connectivity index (χ4v) is 6.36. The zero-order valence-corrected chi connectivity index (χ0v) is 20.4. The van der Waals surface area contributed by atoms with Gasteiger partial charge in [-0.3, -0.25) is 9.36 Å². The number of likely N-dealkylation sites (tertiary alicyclic amines) is 1. The minimum atomic E-state index is -3.52. The summed E-state index contributed by atoms with van der Waals surface area (Å²) in [6, 6.07) is 6.27. The van der Waals surface area contributed by atoms with E-state index in [-0.39, 0.29) is 28.5 Å². The molecular weight excluding hydrogens is 442 g/mol. The SMILES string of the molecule is CC(C)n1c(C2CCCN(C(=O)c3ccc(S(=O)(=O)N4CCCCC4)cc3)C2)nn(C)c1=O. The van der Waals surface area contributed by atoms with Gasteiger partial charge in [-0.15, -0.1) is 0 Å². The Kier molecular flexibility index (Phi) is 6.76. The van der Waals surface area contributed by atoms with Crippen LogP contribution in [0.25, 0.3) is 0 Å². The molecule has 1 amide bonds. The second-order valence-electron chi connectivity index (χ2n) is 9.31. The number of benzene rings is 1. The zero-order chi connectivity index (χ0) is 23.8. The van der Waals surface area contributed by atoms with E-state index in [2.05, 4.69) is 5.10 Å². The topological polar surface area (TPSA) is 97.5 Å². The number of aromatic nitrogens is 3. The highest BCUT2D eigenvalue weighted by Gasteiger charge is 2.31. The summed E-state index contributed by atoms with van der Waals surface area (Å²) in [6.45, 7) is 6.12. The molecule has 0 spiro atoms. The molecule has 4 rings (SSSR count). The van der Waals surface area contributed by atoms with E-state index < -0.39 is 10.0 Å². The van der Waals surface area contributed by atoms with Crippen LogP contribution in [0.1, 0.15) is 74.1 Å². The first-order valence-electron chi connectivity index (χ1n) is 11.7. The molecule has 1 aromatic carbocycles. The normalized spacial score (nSPS) is 20.4. The van der Waals surface area contributed by atoms with Gasteiger partial charge in [-0.2, -0.15) is 9.40 Å². The molecule has 1 unspecified atom stereocenters. The van der Waals surface area contributed by atoms with E-state index in [9.17, 15) is 18.0 Å². The molecule has 2 aliphatic heterocycles. The van der Waals surface area contributed by atoms with Crippen molar-refractivity contribution in [1.29, 1.82) is 0 Å². The molecule has 10 heteroatoms. The van der Waals surface area contributed by atoms with Gasteiger partial charge in [0, 0.05) is 50.7 Å². The predicted molar refractivity (Wildman–Crippen MR) is 125 cm³/mol. The van der Waals surface area contributed by atoms with Gasteiger partial charge in [0.2, 0.25) is 10.0 Å². The van der Waals surface area contributed by atoms with Crippen molar-refractivity contribution < 1.29 is 13.2 Å². The molecule has 1 atom stereocenters. The molecule has 2 saturated heterocycles. The van der Waals surface area contributed by atoms with Crippen molar-refractivity contribution in [1.82, 2.24) is 23.6 Å². The van der Waals surface area contributed by atoms with Crippen molar-refractivity contribution in [3.8, 4) is 0 Å². The average Bonchev–Trinajstić information content (AvgIpc) is 3.13. The van der Waals surface area contributed by atoms with E-state index in [1.54, 1.807) is 28.6 Å². The highest BCUT2D eigenvalue weighted by Crippen LogP contribution is 2.28. The fraction of sp³-hybridized carbons (Fsp3) is 0.609. The Bertz CT molecular complexity index is 1160. The number of aryl methyl sites for hydroxylation is 1. The molecule has 0 saturated carbocycles. The first-order valence-corrected chi connectivity index (χ1v) is 13.2. The number of hydrogen-bond acceptors (Lipinski definition) is 5. The van der Waals surface area contributed by atoms with E-state index in [0.29, 0.717) is 31.7 Å². The van der Waals surface area contributed by atoms with Crippen LogP contribution in [0.5, 0.6) is 0 Å². The minimum Gasteiger partial charge on any atom is -0.338 e. The van der Waals surface area contributed by atoms with Crippen LogP contribution in [0.15, 0.2) is 34.0 Å². The molecule has 0 N–H and O–H groups in total. The second-order valence-corrected chi connectivity index (χ2v) is 11.2. The van der Waals surface area contributed by atoms with E-state index in [1.807, 2.05) is 13.8 Å². The zero-order valence-electron chi connectivity index (χ0n) is 19.6. The Labute approximate surface area is 195 Å². The van der Waals surface area contributed by atoms with Gasteiger partial charge in [0.15, 0.2) is 0 Å². The number of amides is 1. The number of hydrogen-bond donors (Lipinski definition) is 0. The molecule has 180 valence electrons. The molecule has 2 aliphatic rings. The summed E-state index contributed by atoms with van der Waals surface area (Å²) in [5.74, 6) is 0.576. The third kappa shape index (κ3) is 4.63. The standard InChI is InChI=1S/C23H33N5O4S/c1-17(2)28-21(24-25(3)23(28)30)19-8-7-13-26(16-19)22(29)18-9-11-20(12-10-18)33(31,32)27-14-5-4-6-15-27/h9-12,17,19H,4-8,13-16H2,1-3H3. The summed E-state index contributed by atoms with van der Waals surface area (Å²) in [7, 11) is -1.87. The number of nitrogens with zero attached hydrogens (tertiary/aromatic N) is 5. The van der Waals surface area contributed by atoms with E-state index in [0.717, 1.165) is 37.9 Å². The quantitative estimate of drug-likeness (QED) is 0.661. The van der Waals surface area contributed by atoms with Crippen LogP contribution < -0.4 is 5.69 Å². The summed E-state index contributed by atoms with van der Waals surface area (Å²) in [4.78, 5) is 27.7. The maximum atomic E-state index is 13.2. The molecular formula is C23H33N5O4S. The lowest BCUT2D eigenvalue weighted by Gasteiger charge is -2.32. The van der Waals surface area contributed by atoms with Gasteiger partial charge in [0.05, 0.1) is 4.90 Å². The van der Waals surface area contributed by atoms with Gasteiger partial charge in [-0.1, -0.05) is 6.42 Å². The molecule has 0 radical (unpaired) electrons. The van der Waals surface area contributed by atoms with Crippen LogP contribution in [0, 0.1) is 0 Å². The Balaban J connectivity index is 1.50. The minimum absolute atomic E-state index is 0.0123. The van der Waals surface area contributed by atoms with E-state index >= 15 is 0 Å². The molecule has 0 bridgehead atoms. The molecule has 2 fully saturated rings. The summed E-state index contributed by atoms with van der Waals surface area (Å²) >= 11 is 0. The van der Waals surface area contributed by atoms with Gasteiger partial charge in [0.25, 0.3) is 5.91 Å². The number of piperidine rings is 2. The maximum absolute atomic E-state index is 13.2. The highest BCUT2D eigenvalue weighted by molar-refractivity contribution is 7.89. The van der Waals surface area contributed by atoms with E-state index in [1.165, 1.54) is 21.1 Å². The summed E-state index contributed by atoms with van der Waals surface area (Å²) in [5, 5.41) is 4.46. The molecule has 2 aromatic rings. The number of rotatable bonds is 5. The monoisotopic (exact) mass is 475 g/mol. The number of sulfonamides is 1. The van der Waals surface area contributed by atoms with Gasteiger partial charge >= 0.3 is 5.69 Å². The summed E-state index contributed by atoms with van der Waals surface area (Å²) in [6.07, 6.45) is 4.50. The third-order valence-corrected chi connectivity index (χ3v) is 8.54. The third-order valence-electron chi connectivity index (χ3n) is 6.63. The van der Waals surface area contributed by atoms with Crippen molar-refractivity contribution in [3.05, 3.63) is 46.1 Å².